The van der Waals surface area contributed by atoms with E-state index in [4.69, 9.17) is 16.3 Å². The second-order valence-corrected chi connectivity index (χ2v) is 6.42. The fourth-order valence-corrected chi connectivity index (χ4v) is 3.15. The highest BCUT2D eigenvalue weighted by molar-refractivity contribution is 6.32. The van der Waals surface area contributed by atoms with Gasteiger partial charge in [0.2, 0.25) is 5.88 Å². The number of nitrogens with zero attached hydrogens (tertiary/aromatic N) is 3. The SMILES string of the molecule is COc1cccc(C=Cc2nc3ccccc3c(=O)n2-c2ccccc2Cl)n1. The molecule has 0 aliphatic carbocycles. The van der Waals surface area contributed by atoms with Crippen molar-refractivity contribution < 1.29 is 4.74 Å². The predicted octanol–water partition coefficient (Wildman–Crippen LogP) is 4.61. The van der Waals surface area contributed by atoms with E-state index in [2.05, 4.69) is 9.97 Å². The Morgan fingerprint density at radius 2 is 1.71 bits per heavy atom. The lowest BCUT2D eigenvalue weighted by Crippen LogP contribution is -2.22. The zero-order valence-electron chi connectivity index (χ0n) is 15.0. The van der Waals surface area contributed by atoms with Gasteiger partial charge in [0.25, 0.3) is 5.56 Å². The highest BCUT2D eigenvalue weighted by Crippen LogP contribution is 2.22. The quantitative estimate of drug-likeness (QED) is 0.511. The first kappa shape index (κ1) is 17.9. The number of ether oxygens (including phenoxy) is 1. The van der Waals surface area contributed by atoms with Gasteiger partial charge in [-0.15, -0.1) is 0 Å². The van der Waals surface area contributed by atoms with Crippen LogP contribution in [0.5, 0.6) is 5.88 Å². The van der Waals surface area contributed by atoms with Crippen LogP contribution in [-0.4, -0.2) is 21.6 Å². The van der Waals surface area contributed by atoms with E-state index < -0.39 is 0 Å². The molecule has 0 atom stereocenters. The second kappa shape index (κ2) is 7.66. The van der Waals surface area contributed by atoms with Gasteiger partial charge in [0.05, 0.1) is 34.4 Å². The maximum Gasteiger partial charge on any atom is 0.266 e. The van der Waals surface area contributed by atoms with Crippen molar-refractivity contribution in [1.29, 1.82) is 0 Å². The third-order valence-corrected chi connectivity index (χ3v) is 4.57. The van der Waals surface area contributed by atoms with Crippen molar-refractivity contribution in [2.75, 3.05) is 7.11 Å². The Kier molecular flexibility index (Phi) is 4.91. The van der Waals surface area contributed by atoms with E-state index in [0.717, 1.165) is 0 Å². The van der Waals surface area contributed by atoms with Crippen molar-refractivity contribution in [3.05, 3.63) is 93.6 Å². The zero-order chi connectivity index (χ0) is 19.5. The van der Waals surface area contributed by atoms with Crippen molar-refractivity contribution in [2.24, 2.45) is 0 Å². The molecule has 2 heterocycles. The molecule has 138 valence electrons. The first-order valence-electron chi connectivity index (χ1n) is 8.63. The Morgan fingerprint density at radius 3 is 2.54 bits per heavy atom. The predicted molar refractivity (Wildman–Crippen MR) is 112 cm³/mol. The summed E-state index contributed by atoms with van der Waals surface area (Å²) in [4.78, 5) is 22.2. The molecule has 5 nitrogen and oxygen atoms in total. The van der Waals surface area contributed by atoms with Crippen LogP contribution < -0.4 is 10.3 Å². The van der Waals surface area contributed by atoms with Gasteiger partial charge in [-0.3, -0.25) is 9.36 Å². The largest absolute Gasteiger partial charge is 0.481 e. The lowest BCUT2D eigenvalue weighted by molar-refractivity contribution is 0.397. The van der Waals surface area contributed by atoms with Gasteiger partial charge in [0.1, 0.15) is 5.82 Å². The second-order valence-electron chi connectivity index (χ2n) is 6.02. The maximum absolute atomic E-state index is 13.2. The van der Waals surface area contributed by atoms with Gasteiger partial charge in [0, 0.05) is 6.07 Å². The molecule has 0 amide bonds. The van der Waals surface area contributed by atoms with Gasteiger partial charge < -0.3 is 4.74 Å². The molecule has 0 radical (unpaired) electrons. The molecule has 0 saturated carbocycles. The monoisotopic (exact) mass is 389 g/mol. The summed E-state index contributed by atoms with van der Waals surface area (Å²) in [5.74, 6) is 0.971. The van der Waals surface area contributed by atoms with Crippen molar-refractivity contribution >= 4 is 34.7 Å². The van der Waals surface area contributed by atoms with E-state index in [1.54, 1.807) is 43.5 Å². The van der Waals surface area contributed by atoms with E-state index in [0.29, 0.717) is 39.0 Å². The summed E-state index contributed by atoms with van der Waals surface area (Å²) >= 11 is 6.37. The molecule has 4 aromatic rings. The number of rotatable bonds is 4. The Labute approximate surface area is 166 Å². The van der Waals surface area contributed by atoms with E-state index in [-0.39, 0.29) is 5.56 Å². The van der Waals surface area contributed by atoms with Crippen LogP contribution in [0.25, 0.3) is 28.7 Å². The van der Waals surface area contributed by atoms with Crippen LogP contribution in [0.4, 0.5) is 0 Å². The van der Waals surface area contributed by atoms with Crippen LogP contribution >= 0.6 is 11.6 Å². The number of hydrogen-bond acceptors (Lipinski definition) is 4. The number of methoxy groups -OCH3 is 1. The fourth-order valence-electron chi connectivity index (χ4n) is 2.92. The fraction of sp³-hybridized carbons (Fsp3) is 0.0455. The van der Waals surface area contributed by atoms with Gasteiger partial charge in [0.15, 0.2) is 0 Å². The molecule has 2 aromatic heterocycles. The lowest BCUT2D eigenvalue weighted by atomic mass is 10.2. The van der Waals surface area contributed by atoms with E-state index in [9.17, 15) is 4.79 Å². The van der Waals surface area contributed by atoms with E-state index in [1.807, 2.05) is 42.5 Å². The summed E-state index contributed by atoms with van der Waals surface area (Å²) in [6.07, 6.45) is 3.53. The number of hydrogen-bond donors (Lipinski definition) is 0. The smallest absolute Gasteiger partial charge is 0.266 e. The minimum atomic E-state index is -0.183. The van der Waals surface area contributed by atoms with Gasteiger partial charge >= 0.3 is 0 Å². The number of fused-ring (bicyclic) bond motifs is 1. The molecule has 2 aromatic carbocycles. The number of aromatic nitrogens is 3. The lowest BCUT2D eigenvalue weighted by Gasteiger charge is -2.12. The number of halogens is 1. The average Bonchev–Trinajstić information content (AvgIpc) is 2.73. The molecule has 4 rings (SSSR count). The number of benzene rings is 2. The summed E-state index contributed by atoms with van der Waals surface area (Å²) in [5.41, 5.74) is 1.70. The van der Waals surface area contributed by atoms with Gasteiger partial charge in [-0.05, 0) is 42.5 Å². The first-order valence-corrected chi connectivity index (χ1v) is 9.01. The third kappa shape index (κ3) is 3.40. The summed E-state index contributed by atoms with van der Waals surface area (Å²) in [6, 6.07) is 19.9. The van der Waals surface area contributed by atoms with Crippen LogP contribution in [0.15, 0.2) is 71.5 Å². The molecule has 0 spiro atoms. The highest BCUT2D eigenvalue weighted by atomic mass is 35.5. The molecule has 0 fully saturated rings. The molecule has 0 bridgehead atoms. The minimum absolute atomic E-state index is 0.183. The van der Waals surface area contributed by atoms with Gasteiger partial charge in [-0.2, -0.15) is 0 Å². The van der Waals surface area contributed by atoms with Crippen LogP contribution in [0.3, 0.4) is 0 Å². The zero-order valence-corrected chi connectivity index (χ0v) is 15.8. The molecule has 0 aliphatic heterocycles. The van der Waals surface area contributed by atoms with Crippen LogP contribution in [-0.2, 0) is 0 Å². The summed E-state index contributed by atoms with van der Waals surface area (Å²) in [7, 11) is 1.57. The topological polar surface area (TPSA) is 57.0 Å². The van der Waals surface area contributed by atoms with E-state index >= 15 is 0 Å². The standard InChI is InChI=1S/C22H16ClN3O2/c1-28-21-12-6-7-15(24-21)13-14-20-25-18-10-4-2-8-16(18)22(27)26(20)19-11-5-3-9-17(19)23/h2-14H,1H3. The van der Waals surface area contributed by atoms with Crippen LogP contribution in [0.1, 0.15) is 11.5 Å². The highest BCUT2D eigenvalue weighted by Gasteiger charge is 2.13. The minimum Gasteiger partial charge on any atom is -0.481 e. The summed E-state index contributed by atoms with van der Waals surface area (Å²) in [5, 5.41) is 0.995. The van der Waals surface area contributed by atoms with Crippen LogP contribution in [0.2, 0.25) is 5.02 Å². The van der Waals surface area contributed by atoms with Crippen molar-refractivity contribution in [2.45, 2.75) is 0 Å². The average molecular weight is 390 g/mol. The summed E-state index contributed by atoms with van der Waals surface area (Å²) in [6.45, 7) is 0. The Balaban J connectivity index is 1.94. The van der Waals surface area contributed by atoms with E-state index in [1.165, 1.54) is 4.57 Å². The number of pyridine rings is 1. The summed E-state index contributed by atoms with van der Waals surface area (Å²) < 4.78 is 6.67. The molecule has 6 heteroatoms. The Hall–Kier alpha value is -3.44. The van der Waals surface area contributed by atoms with Crippen LogP contribution in [0, 0.1) is 0 Å². The van der Waals surface area contributed by atoms with Crippen molar-refractivity contribution in [3.63, 3.8) is 0 Å². The van der Waals surface area contributed by atoms with Gasteiger partial charge in [-0.25, -0.2) is 9.97 Å². The van der Waals surface area contributed by atoms with Crippen molar-refractivity contribution in [1.82, 2.24) is 14.5 Å². The molecule has 0 saturated heterocycles. The van der Waals surface area contributed by atoms with Gasteiger partial charge in [-0.1, -0.05) is 41.9 Å². The number of para-hydroxylation sites is 2. The molecule has 0 unspecified atom stereocenters. The Bertz CT molecular complexity index is 1250. The molecule has 0 aliphatic rings. The maximum atomic E-state index is 13.2. The first-order chi connectivity index (χ1) is 13.7. The molecular weight excluding hydrogens is 374 g/mol. The normalized spacial score (nSPS) is 11.2. The Morgan fingerprint density at radius 1 is 0.929 bits per heavy atom. The molecular formula is C22H16ClN3O2. The van der Waals surface area contributed by atoms with Crippen molar-refractivity contribution in [3.8, 4) is 11.6 Å². The third-order valence-electron chi connectivity index (χ3n) is 4.25. The molecule has 28 heavy (non-hydrogen) atoms. The molecule has 0 N–H and O–H groups in total.